The second-order valence-corrected chi connectivity index (χ2v) is 12.8. The molecular weight excluding hydrogens is 355 g/mol. The maximum atomic E-state index is 12.4. The summed E-state index contributed by atoms with van der Waals surface area (Å²) in [6.07, 6.45) is -0.919. The largest absolute Gasteiger partial charge is 0.509 e. The Morgan fingerprint density at radius 2 is 1.36 bits per heavy atom. The Morgan fingerprint density at radius 3 is 1.68 bits per heavy atom. The lowest BCUT2D eigenvalue weighted by Crippen LogP contribution is -2.67. The summed E-state index contributed by atoms with van der Waals surface area (Å²) >= 11 is 0. The number of carbonyl (C=O) groups is 1. The fraction of sp³-hybridized carbons (Fsp3) is 0.278. The van der Waals surface area contributed by atoms with Gasteiger partial charge in [-0.1, -0.05) is 81.4 Å². The molecule has 2 aromatic carbocycles. The molecule has 25 heavy (non-hydrogen) atoms. The summed E-state index contributed by atoms with van der Waals surface area (Å²) in [5, 5.41) is 1.33. The van der Waals surface area contributed by atoms with Crippen molar-refractivity contribution in [3.8, 4) is 0 Å². The highest BCUT2D eigenvalue weighted by atomic mass is 31.2. The van der Waals surface area contributed by atoms with Crippen molar-refractivity contribution < 1.29 is 23.6 Å². The van der Waals surface area contributed by atoms with E-state index in [1.54, 1.807) is 0 Å². The van der Waals surface area contributed by atoms with Crippen molar-refractivity contribution in [1.29, 1.82) is 0 Å². The van der Waals surface area contributed by atoms with E-state index in [4.69, 9.17) is 14.2 Å². The molecule has 0 radical (unpaired) electrons. The molecule has 0 saturated heterocycles. The minimum absolute atomic E-state index is 0.430. The maximum absolute atomic E-state index is 12.4. The first kappa shape index (κ1) is 19.6. The van der Waals surface area contributed by atoms with Crippen LogP contribution in [-0.2, 0) is 13.8 Å². The minimum Gasteiger partial charge on any atom is -0.509 e. The number of hydrogen-bond donors (Lipinski definition) is 2. The van der Waals surface area contributed by atoms with Gasteiger partial charge in [0.2, 0.25) is 0 Å². The quantitative estimate of drug-likeness (QED) is 0.616. The van der Waals surface area contributed by atoms with Gasteiger partial charge in [-0.05, 0) is 15.4 Å². The lowest BCUT2D eigenvalue weighted by atomic mass is 10.2. The van der Waals surface area contributed by atoms with Crippen LogP contribution in [0, 0.1) is 0 Å². The molecule has 0 aliphatic rings. The van der Waals surface area contributed by atoms with Crippen LogP contribution in [-0.4, -0.2) is 30.2 Å². The number of carbonyl (C=O) groups excluding carboxylic acids is 1. The van der Waals surface area contributed by atoms with Gasteiger partial charge in [0.25, 0.3) is 0 Å². The van der Waals surface area contributed by atoms with E-state index >= 15 is 0 Å². The summed E-state index contributed by atoms with van der Waals surface area (Å²) in [5.74, 6) is -0.873. The van der Waals surface area contributed by atoms with E-state index in [0.717, 1.165) is 10.4 Å². The van der Waals surface area contributed by atoms with E-state index < -0.39 is 33.1 Å². The van der Waals surface area contributed by atoms with E-state index in [9.17, 15) is 9.36 Å². The van der Waals surface area contributed by atoms with Crippen LogP contribution >= 0.6 is 7.60 Å². The topological polar surface area (TPSA) is 83.8 Å². The third-order valence-electron chi connectivity index (χ3n) is 4.02. The molecule has 0 aliphatic heterocycles. The molecule has 2 N–H and O–H groups in total. The molecular formula is C18H23O5PSi. The van der Waals surface area contributed by atoms with Gasteiger partial charge in [-0.2, -0.15) is 0 Å². The predicted octanol–water partition coefficient (Wildman–Crippen LogP) is 2.27. The van der Waals surface area contributed by atoms with Gasteiger partial charge >= 0.3 is 21.9 Å². The van der Waals surface area contributed by atoms with Crippen LogP contribution in [0.15, 0.2) is 60.7 Å². The number of hydrogen-bond acceptors (Lipinski definition) is 3. The van der Waals surface area contributed by atoms with Gasteiger partial charge in [0.15, 0.2) is 0 Å². The first-order chi connectivity index (χ1) is 11.6. The molecule has 0 unspecified atom stereocenters. The minimum atomic E-state index is -4.50. The Kier molecular flexibility index (Phi) is 5.69. The number of benzene rings is 2. The molecule has 5 nitrogen and oxygen atoms in total. The zero-order chi connectivity index (χ0) is 18.7. The van der Waals surface area contributed by atoms with Crippen LogP contribution in [0.3, 0.4) is 0 Å². The SMILES string of the molecule is CC(C)(C)[Si](OC(=O)CP(=O)(O)O)(c1ccccc1)c1ccccc1. The van der Waals surface area contributed by atoms with E-state index in [-0.39, 0.29) is 0 Å². The molecule has 7 heteroatoms. The molecule has 0 saturated carbocycles. The van der Waals surface area contributed by atoms with Crippen molar-refractivity contribution in [2.75, 3.05) is 6.16 Å². The summed E-state index contributed by atoms with van der Waals surface area (Å²) < 4.78 is 17.2. The van der Waals surface area contributed by atoms with E-state index in [0.29, 0.717) is 0 Å². The van der Waals surface area contributed by atoms with E-state index in [2.05, 4.69) is 0 Å². The van der Waals surface area contributed by atoms with E-state index in [1.807, 2.05) is 81.4 Å². The van der Waals surface area contributed by atoms with Crippen molar-refractivity contribution in [1.82, 2.24) is 0 Å². The van der Waals surface area contributed by atoms with Gasteiger partial charge in [0.05, 0.1) is 0 Å². The second-order valence-electron chi connectivity index (χ2n) is 6.96. The highest BCUT2D eigenvalue weighted by Gasteiger charge is 2.53. The Hall–Kier alpha value is -1.72. The second kappa shape index (κ2) is 7.26. The average molecular weight is 378 g/mol. The van der Waals surface area contributed by atoms with Crippen LogP contribution in [0.5, 0.6) is 0 Å². The van der Waals surface area contributed by atoms with Crippen LogP contribution < -0.4 is 10.4 Å². The monoisotopic (exact) mass is 378 g/mol. The molecule has 0 atom stereocenters. The molecule has 134 valence electrons. The molecule has 0 heterocycles. The molecule has 0 aliphatic carbocycles. The lowest BCUT2D eigenvalue weighted by molar-refractivity contribution is -0.132. The predicted molar refractivity (Wildman–Crippen MR) is 101 cm³/mol. The molecule has 0 spiro atoms. The summed E-state index contributed by atoms with van der Waals surface area (Å²) in [5.41, 5.74) is 0. The third-order valence-corrected chi connectivity index (χ3v) is 9.63. The van der Waals surface area contributed by atoms with Gasteiger partial charge in [-0.15, -0.1) is 0 Å². The molecule has 2 rings (SSSR count). The standard InChI is InChI=1S/C18H23O5PSi/c1-18(2,3)25(15-10-6-4-7-11-15,16-12-8-5-9-13-16)23-17(19)14-24(20,21)22/h4-13H,14H2,1-3H3,(H2,20,21,22). The van der Waals surface area contributed by atoms with Gasteiger partial charge in [0, 0.05) is 0 Å². The molecule has 0 bridgehead atoms. The fourth-order valence-corrected chi connectivity index (χ4v) is 7.89. The van der Waals surface area contributed by atoms with Crippen molar-refractivity contribution in [2.45, 2.75) is 25.8 Å². The number of rotatable bonds is 5. The zero-order valence-corrected chi connectivity index (χ0v) is 16.4. The molecule has 2 aromatic rings. The lowest BCUT2D eigenvalue weighted by Gasteiger charge is -2.42. The van der Waals surface area contributed by atoms with Crippen LogP contribution in [0.1, 0.15) is 20.8 Å². The van der Waals surface area contributed by atoms with Crippen LogP contribution in [0.4, 0.5) is 0 Å². The normalized spacial score (nSPS) is 12.7. The highest BCUT2D eigenvalue weighted by molar-refractivity contribution is 7.52. The maximum Gasteiger partial charge on any atom is 0.336 e. The van der Waals surface area contributed by atoms with Gasteiger partial charge in [-0.3, -0.25) is 9.36 Å². The molecule has 0 fully saturated rings. The third kappa shape index (κ3) is 4.47. The van der Waals surface area contributed by atoms with Crippen molar-refractivity contribution in [2.24, 2.45) is 0 Å². The van der Waals surface area contributed by atoms with Gasteiger partial charge < -0.3 is 14.2 Å². The Labute approximate surface area is 149 Å². The van der Waals surface area contributed by atoms with Gasteiger partial charge in [0.1, 0.15) is 6.16 Å². The smallest absolute Gasteiger partial charge is 0.336 e. The summed E-state index contributed by atoms with van der Waals surface area (Å²) in [7, 11) is -7.60. The fourth-order valence-electron chi connectivity index (χ4n) is 3.02. The van der Waals surface area contributed by atoms with E-state index in [1.165, 1.54) is 0 Å². The highest BCUT2D eigenvalue weighted by Crippen LogP contribution is 2.39. The summed E-state index contributed by atoms with van der Waals surface area (Å²) in [6.45, 7) is 5.97. The molecule has 0 amide bonds. The van der Waals surface area contributed by atoms with Crippen LogP contribution in [0.25, 0.3) is 0 Å². The van der Waals surface area contributed by atoms with Crippen LogP contribution in [0.2, 0.25) is 5.04 Å². The summed E-state index contributed by atoms with van der Waals surface area (Å²) in [4.78, 5) is 30.7. The average Bonchev–Trinajstić information content (AvgIpc) is 2.51. The first-order valence-corrected chi connectivity index (χ1v) is 11.6. The van der Waals surface area contributed by atoms with Crippen molar-refractivity contribution >= 4 is 32.3 Å². The molecule has 0 aromatic heterocycles. The van der Waals surface area contributed by atoms with Crippen molar-refractivity contribution in [3.05, 3.63) is 60.7 Å². The zero-order valence-electron chi connectivity index (χ0n) is 14.5. The van der Waals surface area contributed by atoms with Crippen molar-refractivity contribution in [3.63, 3.8) is 0 Å². The Morgan fingerprint density at radius 1 is 0.960 bits per heavy atom. The van der Waals surface area contributed by atoms with Gasteiger partial charge in [-0.25, -0.2) is 0 Å². The first-order valence-electron chi connectivity index (χ1n) is 7.94. The Bertz CT molecular complexity index is 726. The summed E-state index contributed by atoms with van der Waals surface area (Å²) in [6, 6.07) is 18.9. The Balaban J connectivity index is 2.65.